The lowest BCUT2D eigenvalue weighted by molar-refractivity contribution is -0.116. The average molecular weight is 401 g/mol. The van der Waals surface area contributed by atoms with Crippen molar-refractivity contribution >= 4 is 61.5 Å². The minimum atomic E-state index is -3.91. The highest BCUT2D eigenvalue weighted by molar-refractivity contribution is 8.16. The van der Waals surface area contributed by atoms with Crippen molar-refractivity contribution < 1.29 is 13.2 Å². The molecule has 0 N–H and O–H groups in total. The van der Waals surface area contributed by atoms with Gasteiger partial charge in [0, 0.05) is 0 Å². The molecular formula is C15H13ClN2O3S3. The summed E-state index contributed by atoms with van der Waals surface area (Å²) in [5.74, 6) is -0.160. The molecule has 1 aliphatic rings. The average Bonchev–Trinajstić information content (AvgIpc) is 3.12. The van der Waals surface area contributed by atoms with Crippen molar-refractivity contribution in [3.63, 3.8) is 0 Å². The van der Waals surface area contributed by atoms with Crippen molar-refractivity contribution in [2.75, 3.05) is 4.90 Å². The molecule has 1 unspecified atom stereocenters. The van der Waals surface area contributed by atoms with Crippen LogP contribution < -0.4 is 4.90 Å². The van der Waals surface area contributed by atoms with Gasteiger partial charge in [-0.15, -0.1) is 15.7 Å². The number of sulfonamides is 1. The lowest BCUT2D eigenvalue weighted by atomic mass is 10.2. The zero-order valence-corrected chi connectivity index (χ0v) is 15.8. The summed E-state index contributed by atoms with van der Waals surface area (Å²) in [4.78, 5) is 14.0. The molecule has 1 aromatic carbocycles. The number of amidine groups is 1. The summed E-state index contributed by atoms with van der Waals surface area (Å²) in [6.45, 7) is 1.88. The van der Waals surface area contributed by atoms with Gasteiger partial charge in [-0.2, -0.15) is 8.42 Å². The Hall–Kier alpha value is -1.35. The molecule has 0 aliphatic carbocycles. The maximum Gasteiger partial charge on any atom is 0.294 e. The van der Waals surface area contributed by atoms with Crippen LogP contribution in [0, 0.1) is 0 Å². The molecule has 126 valence electrons. The number of thiophene rings is 1. The lowest BCUT2D eigenvalue weighted by Gasteiger charge is -2.15. The highest BCUT2D eigenvalue weighted by atomic mass is 35.5. The molecule has 0 spiro atoms. The van der Waals surface area contributed by atoms with Crippen LogP contribution in [0.4, 0.5) is 5.69 Å². The number of hydrogen-bond acceptors (Lipinski definition) is 5. The van der Waals surface area contributed by atoms with E-state index in [2.05, 4.69) is 4.40 Å². The molecule has 3 rings (SSSR count). The molecule has 2 heterocycles. The predicted molar refractivity (Wildman–Crippen MR) is 99.5 cm³/mol. The van der Waals surface area contributed by atoms with E-state index in [1.54, 1.807) is 24.3 Å². The molecule has 0 bridgehead atoms. The third kappa shape index (κ3) is 3.37. The lowest BCUT2D eigenvalue weighted by Crippen LogP contribution is -2.32. The number of carbonyl (C=O) groups is 1. The summed E-state index contributed by atoms with van der Waals surface area (Å²) in [7, 11) is -3.91. The summed E-state index contributed by atoms with van der Waals surface area (Å²) in [6.07, 6.45) is 0.594. The van der Waals surface area contributed by atoms with Gasteiger partial charge in [0.25, 0.3) is 10.0 Å². The predicted octanol–water partition coefficient (Wildman–Crippen LogP) is 4.00. The zero-order valence-electron chi connectivity index (χ0n) is 12.5. The van der Waals surface area contributed by atoms with Crippen LogP contribution in [-0.2, 0) is 14.8 Å². The van der Waals surface area contributed by atoms with E-state index in [1.807, 2.05) is 13.0 Å². The third-order valence-corrected chi connectivity index (χ3v) is 7.71. The fourth-order valence-corrected chi connectivity index (χ4v) is 5.92. The smallest absolute Gasteiger partial charge is 0.273 e. The first-order valence-corrected chi connectivity index (χ1v) is 10.6. The van der Waals surface area contributed by atoms with Crippen LogP contribution in [0.25, 0.3) is 0 Å². The molecule has 1 aromatic heterocycles. The van der Waals surface area contributed by atoms with Crippen molar-refractivity contribution in [3.05, 3.63) is 46.8 Å². The van der Waals surface area contributed by atoms with Crippen LogP contribution in [0.3, 0.4) is 0 Å². The number of benzene rings is 1. The minimum Gasteiger partial charge on any atom is -0.273 e. The SMILES string of the molecule is CCC1SC(=NS(=O)(=O)c2ccc(Cl)s2)N(c2ccccc2)C1=O. The first-order chi connectivity index (χ1) is 11.4. The highest BCUT2D eigenvalue weighted by Crippen LogP contribution is 2.35. The number of thioether (sulfide) groups is 1. The number of amides is 1. The first kappa shape index (κ1) is 17.5. The number of rotatable bonds is 4. The van der Waals surface area contributed by atoms with E-state index in [9.17, 15) is 13.2 Å². The van der Waals surface area contributed by atoms with E-state index < -0.39 is 10.0 Å². The number of nitrogens with zero attached hydrogens (tertiary/aromatic N) is 2. The van der Waals surface area contributed by atoms with Gasteiger partial charge in [0.15, 0.2) is 5.17 Å². The van der Waals surface area contributed by atoms with Gasteiger partial charge in [-0.05, 0) is 30.7 Å². The summed E-state index contributed by atoms with van der Waals surface area (Å²) in [5, 5.41) is -0.173. The Morgan fingerprint density at radius 1 is 1.21 bits per heavy atom. The Kier molecular flexibility index (Phi) is 5.00. The van der Waals surface area contributed by atoms with Crippen LogP contribution in [0.2, 0.25) is 4.34 Å². The van der Waals surface area contributed by atoms with E-state index in [1.165, 1.54) is 28.8 Å². The zero-order chi connectivity index (χ0) is 17.3. The van der Waals surface area contributed by atoms with Crippen molar-refractivity contribution in [1.82, 2.24) is 0 Å². The van der Waals surface area contributed by atoms with Gasteiger partial charge in [0.05, 0.1) is 15.3 Å². The molecule has 5 nitrogen and oxygen atoms in total. The summed E-state index contributed by atoms with van der Waals surface area (Å²) in [6, 6.07) is 11.8. The second-order valence-corrected chi connectivity index (χ2v) is 9.65. The molecule has 1 atom stereocenters. The Morgan fingerprint density at radius 2 is 1.92 bits per heavy atom. The normalized spacial score (nSPS) is 20.1. The molecular weight excluding hydrogens is 388 g/mol. The van der Waals surface area contributed by atoms with Gasteiger partial charge >= 0.3 is 0 Å². The van der Waals surface area contributed by atoms with Gasteiger partial charge in [-0.25, -0.2) is 0 Å². The molecule has 0 saturated carbocycles. The maximum atomic E-state index is 12.6. The van der Waals surface area contributed by atoms with Gasteiger partial charge in [0.1, 0.15) is 4.21 Å². The largest absolute Gasteiger partial charge is 0.294 e. The molecule has 2 aromatic rings. The molecule has 1 amide bonds. The van der Waals surface area contributed by atoms with Crippen molar-refractivity contribution in [2.24, 2.45) is 4.40 Å². The monoisotopic (exact) mass is 400 g/mol. The van der Waals surface area contributed by atoms with E-state index in [-0.39, 0.29) is 20.5 Å². The van der Waals surface area contributed by atoms with Gasteiger partial charge in [0.2, 0.25) is 5.91 Å². The third-order valence-electron chi connectivity index (χ3n) is 3.32. The van der Waals surface area contributed by atoms with E-state index in [4.69, 9.17) is 11.6 Å². The molecule has 1 saturated heterocycles. The minimum absolute atomic E-state index is 0.0565. The van der Waals surface area contributed by atoms with Crippen LogP contribution in [-0.4, -0.2) is 24.7 Å². The van der Waals surface area contributed by atoms with Crippen LogP contribution in [0.1, 0.15) is 13.3 Å². The van der Waals surface area contributed by atoms with Crippen molar-refractivity contribution in [2.45, 2.75) is 22.8 Å². The van der Waals surface area contributed by atoms with Crippen molar-refractivity contribution in [3.8, 4) is 0 Å². The van der Waals surface area contributed by atoms with Gasteiger partial charge in [-0.3, -0.25) is 9.69 Å². The molecule has 9 heteroatoms. The van der Waals surface area contributed by atoms with E-state index >= 15 is 0 Å². The fraction of sp³-hybridized carbons (Fsp3) is 0.200. The quantitative estimate of drug-likeness (QED) is 0.777. The second-order valence-electron chi connectivity index (χ2n) is 4.93. The molecule has 1 fully saturated rings. The Morgan fingerprint density at radius 3 is 2.50 bits per heavy atom. The standard InChI is InChI=1S/C15H13ClN2O3S3/c1-2-11-14(19)18(10-6-4-3-5-7-10)15(22-11)17-24(20,21)13-9-8-12(16)23-13/h3-9,11H,2H2,1H3. The summed E-state index contributed by atoms with van der Waals surface area (Å²) >= 11 is 7.92. The highest BCUT2D eigenvalue weighted by Gasteiger charge is 2.39. The van der Waals surface area contributed by atoms with E-state index in [0.717, 1.165) is 11.3 Å². The number of anilines is 1. The van der Waals surface area contributed by atoms with Gasteiger partial charge < -0.3 is 0 Å². The van der Waals surface area contributed by atoms with Crippen LogP contribution >= 0.6 is 34.7 Å². The Balaban J connectivity index is 2.05. The summed E-state index contributed by atoms with van der Waals surface area (Å²) < 4.78 is 29.3. The van der Waals surface area contributed by atoms with Crippen LogP contribution in [0.15, 0.2) is 51.1 Å². The topological polar surface area (TPSA) is 66.8 Å². The number of para-hydroxylation sites is 1. The van der Waals surface area contributed by atoms with Gasteiger partial charge in [-0.1, -0.05) is 48.5 Å². The first-order valence-electron chi connectivity index (χ1n) is 7.08. The number of carbonyl (C=O) groups excluding carboxylic acids is 1. The van der Waals surface area contributed by atoms with Crippen molar-refractivity contribution in [1.29, 1.82) is 0 Å². The van der Waals surface area contributed by atoms with Crippen LogP contribution in [0.5, 0.6) is 0 Å². The Bertz CT molecular complexity index is 894. The number of hydrogen-bond donors (Lipinski definition) is 0. The molecule has 0 radical (unpaired) electrons. The fourth-order valence-electron chi connectivity index (χ4n) is 2.19. The Labute approximate surface area is 153 Å². The number of halogens is 1. The van der Waals surface area contributed by atoms with E-state index in [0.29, 0.717) is 16.4 Å². The second kappa shape index (κ2) is 6.87. The maximum absolute atomic E-state index is 12.6. The summed E-state index contributed by atoms with van der Waals surface area (Å²) in [5.41, 5.74) is 0.601. The molecule has 24 heavy (non-hydrogen) atoms. The molecule has 1 aliphatic heterocycles.